The number of thiophene rings is 1. The lowest BCUT2D eigenvalue weighted by molar-refractivity contribution is 0.0697. The van der Waals surface area contributed by atoms with Crippen LogP contribution in [0.3, 0.4) is 0 Å². The van der Waals surface area contributed by atoms with Crippen LogP contribution in [0, 0.1) is 6.92 Å². The van der Waals surface area contributed by atoms with Gasteiger partial charge in [-0.15, -0.1) is 11.3 Å². The largest absolute Gasteiger partial charge is 0.477 e. The van der Waals surface area contributed by atoms with Gasteiger partial charge >= 0.3 is 5.97 Å². The lowest BCUT2D eigenvalue weighted by Gasteiger charge is -1.90. The van der Waals surface area contributed by atoms with Crippen molar-refractivity contribution in [3.8, 4) is 10.6 Å². The molecule has 0 aliphatic rings. The Morgan fingerprint density at radius 2 is 2.43 bits per heavy atom. The molecule has 4 nitrogen and oxygen atoms in total. The van der Waals surface area contributed by atoms with Crippen molar-refractivity contribution in [2.24, 2.45) is 0 Å². The number of aryl methyl sites for hydroxylation is 1. The fraction of sp³-hybridized carbons (Fsp3) is 0.111. The highest BCUT2D eigenvalue weighted by Crippen LogP contribution is 2.29. The Hall–Kier alpha value is -1.62. The third-order valence-corrected chi connectivity index (χ3v) is 2.80. The molecule has 2 heterocycles. The fourth-order valence-corrected chi connectivity index (χ4v) is 2.01. The summed E-state index contributed by atoms with van der Waals surface area (Å²) in [6.07, 6.45) is 1.21. The summed E-state index contributed by atoms with van der Waals surface area (Å²) in [6.45, 7) is 1.94. The molecule has 72 valence electrons. The Morgan fingerprint density at radius 3 is 3.00 bits per heavy atom. The minimum Gasteiger partial charge on any atom is -0.477 e. The maximum Gasteiger partial charge on any atom is 0.341 e. The van der Waals surface area contributed by atoms with Crippen LogP contribution in [0.2, 0.25) is 0 Å². The Labute approximate surface area is 83.8 Å². The van der Waals surface area contributed by atoms with E-state index in [1.165, 1.54) is 17.5 Å². The predicted molar refractivity (Wildman–Crippen MR) is 51.5 cm³/mol. The average molecular weight is 209 g/mol. The normalized spacial score (nSPS) is 10.4. The van der Waals surface area contributed by atoms with Crippen molar-refractivity contribution < 1.29 is 14.4 Å². The van der Waals surface area contributed by atoms with Crippen molar-refractivity contribution in [1.29, 1.82) is 0 Å². The average Bonchev–Trinajstić information content (AvgIpc) is 2.70. The second-order valence-electron chi connectivity index (χ2n) is 2.86. The number of carbonyl (C=O) groups is 1. The van der Waals surface area contributed by atoms with Crippen molar-refractivity contribution in [2.75, 3.05) is 0 Å². The van der Waals surface area contributed by atoms with E-state index in [2.05, 4.69) is 5.16 Å². The van der Waals surface area contributed by atoms with E-state index < -0.39 is 5.97 Å². The van der Waals surface area contributed by atoms with E-state index in [9.17, 15) is 4.79 Å². The van der Waals surface area contributed by atoms with Gasteiger partial charge in [-0.1, -0.05) is 5.16 Å². The molecule has 14 heavy (non-hydrogen) atoms. The Balaban J connectivity index is 2.51. The first-order chi connectivity index (χ1) is 6.68. The van der Waals surface area contributed by atoms with Gasteiger partial charge < -0.3 is 9.63 Å². The molecule has 0 aromatic carbocycles. The second-order valence-corrected chi connectivity index (χ2v) is 3.77. The molecule has 0 saturated carbocycles. The van der Waals surface area contributed by atoms with Crippen molar-refractivity contribution in [3.63, 3.8) is 0 Å². The molecule has 0 saturated heterocycles. The molecule has 0 amide bonds. The summed E-state index contributed by atoms with van der Waals surface area (Å²) in [5.41, 5.74) is 1.18. The summed E-state index contributed by atoms with van der Waals surface area (Å²) in [4.78, 5) is 11.6. The molecule has 0 atom stereocenters. The van der Waals surface area contributed by atoms with E-state index in [-0.39, 0.29) is 5.56 Å². The monoisotopic (exact) mass is 209 g/mol. The highest BCUT2D eigenvalue weighted by molar-refractivity contribution is 7.13. The van der Waals surface area contributed by atoms with Gasteiger partial charge in [0, 0.05) is 0 Å². The highest BCUT2D eigenvalue weighted by atomic mass is 32.1. The van der Waals surface area contributed by atoms with Gasteiger partial charge in [-0.3, -0.25) is 0 Å². The first kappa shape index (κ1) is 8.96. The summed E-state index contributed by atoms with van der Waals surface area (Å²) in [5.74, 6) is -0.692. The van der Waals surface area contributed by atoms with Crippen LogP contribution in [0.1, 0.15) is 15.9 Å². The van der Waals surface area contributed by atoms with Crippen molar-refractivity contribution in [3.05, 3.63) is 28.8 Å². The van der Waals surface area contributed by atoms with Gasteiger partial charge in [0.25, 0.3) is 0 Å². The summed E-state index contributed by atoms with van der Waals surface area (Å²) >= 11 is 1.44. The van der Waals surface area contributed by atoms with Crippen LogP contribution in [0.5, 0.6) is 0 Å². The van der Waals surface area contributed by atoms with Gasteiger partial charge in [-0.2, -0.15) is 0 Å². The summed E-state index contributed by atoms with van der Waals surface area (Å²) in [6, 6.07) is 1.87. The highest BCUT2D eigenvalue weighted by Gasteiger charge is 2.17. The van der Waals surface area contributed by atoms with Crippen LogP contribution < -0.4 is 0 Å². The van der Waals surface area contributed by atoms with Gasteiger partial charge in [0.2, 0.25) is 0 Å². The molecule has 0 fully saturated rings. The van der Waals surface area contributed by atoms with E-state index in [0.717, 1.165) is 10.4 Å². The zero-order valence-electron chi connectivity index (χ0n) is 7.35. The van der Waals surface area contributed by atoms with Crippen molar-refractivity contribution >= 4 is 17.3 Å². The van der Waals surface area contributed by atoms with Gasteiger partial charge in [0.1, 0.15) is 5.56 Å². The summed E-state index contributed by atoms with van der Waals surface area (Å²) < 4.78 is 4.90. The molecule has 0 aliphatic carbocycles. The molecule has 5 heteroatoms. The van der Waals surface area contributed by atoms with Gasteiger partial charge in [-0.25, -0.2) is 4.79 Å². The lowest BCUT2D eigenvalue weighted by atomic mass is 10.2. The van der Waals surface area contributed by atoms with Crippen molar-refractivity contribution in [2.45, 2.75) is 6.92 Å². The first-order valence-electron chi connectivity index (χ1n) is 3.92. The van der Waals surface area contributed by atoms with Gasteiger partial charge in [0.05, 0.1) is 11.1 Å². The van der Waals surface area contributed by atoms with E-state index in [0.29, 0.717) is 5.76 Å². The Kier molecular flexibility index (Phi) is 2.09. The number of aromatic carboxylic acids is 1. The van der Waals surface area contributed by atoms with Crippen LogP contribution in [0.25, 0.3) is 10.6 Å². The predicted octanol–water partition coefficient (Wildman–Crippen LogP) is 2.41. The maximum absolute atomic E-state index is 10.8. The fourth-order valence-electron chi connectivity index (χ4n) is 1.12. The summed E-state index contributed by atoms with van der Waals surface area (Å²) in [5, 5.41) is 14.2. The lowest BCUT2D eigenvalue weighted by Crippen LogP contribution is -1.94. The van der Waals surface area contributed by atoms with E-state index in [1.54, 1.807) is 0 Å². The molecule has 0 unspecified atom stereocenters. The topological polar surface area (TPSA) is 63.3 Å². The number of aromatic nitrogens is 1. The SMILES string of the molecule is Cc1csc(-c2oncc2C(=O)O)c1. The van der Waals surface area contributed by atoms with Crippen LogP contribution in [0.15, 0.2) is 22.2 Å². The maximum atomic E-state index is 10.8. The van der Waals surface area contributed by atoms with E-state index in [4.69, 9.17) is 9.63 Å². The Morgan fingerprint density at radius 1 is 1.64 bits per heavy atom. The first-order valence-corrected chi connectivity index (χ1v) is 4.80. The molecule has 0 radical (unpaired) electrons. The molecule has 0 bridgehead atoms. The molecular formula is C9H7NO3S. The van der Waals surface area contributed by atoms with Crippen LogP contribution in [-0.4, -0.2) is 16.2 Å². The molecular weight excluding hydrogens is 202 g/mol. The van der Waals surface area contributed by atoms with Crippen LogP contribution in [-0.2, 0) is 0 Å². The third kappa shape index (κ3) is 1.42. The number of hydrogen-bond acceptors (Lipinski definition) is 4. The number of hydrogen-bond donors (Lipinski definition) is 1. The second kappa shape index (κ2) is 3.26. The number of rotatable bonds is 2. The number of carboxylic acid groups (broad SMARTS) is 1. The van der Waals surface area contributed by atoms with Crippen LogP contribution >= 0.6 is 11.3 Å². The number of nitrogens with zero attached hydrogens (tertiary/aromatic N) is 1. The molecule has 2 aromatic heterocycles. The standard InChI is InChI=1S/C9H7NO3S/c1-5-2-7(14-4-5)8-6(9(11)12)3-10-13-8/h2-4H,1H3,(H,11,12). The minimum absolute atomic E-state index is 0.104. The molecule has 2 rings (SSSR count). The van der Waals surface area contributed by atoms with Crippen molar-refractivity contribution in [1.82, 2.24) is 5.16 Å². The molecule has 0 spiro atoms. The van der Waals surface area contributed by atoms with E-state index >= 15 is 0 Å². The van der Waals surface area contributed by atoms with Gasteiger partial charge in [-0.05, 0) is 23.9 Å². The molecule has 2 aromatic rings. The summed E-state index contributed by atoms with van der Waals surface area (Å²) in [7, 11) is 0. The third-order valence-electron chi connectivity index (χ3n) is 1.76. The van der Waals surface area contributed by atoms with Crippen LogP contribution in [0.4, 0.5) is 0 Å². The molecule has 1 N–H and O–H groups in total. The quantitative estimate of drug-likeness (QED) is 0.824. The minimum atomic E-state index is -1.02. The van der Waals surface area contributed by atoms with E-state index in [1.807, 2.05) is 18.4 Å². The van der Waals surface area contributed by atoms with Gasteiger partial charge in [0.15, 0.2) is 5.76 Å². The zero-order valence-corrected chi connectivity index (χ0v) is 8.17. The number of carboxylic acids is 1. The zero-order chi connectivity index (χ0) is 10.1. The smallest absolute Gasteiger partial charge is 0.341 e. The Bertz CT molecular complexity index is 472. The molecule has 0 aliphatic heterocycles.